The summed E-state index contributed by atoms with van der Waals surface area (Å²) in [7, 11) is 0. The number of anilines is 10. The fourth-order valence-corrected chi connectivity index (χ4v) is 8.07. The van der Waals surface area contributed by atoms with Crippen LogP contribution in [-0.4, -0.2) is 124 Å². The topological polar surface area (TPSA) is 289 Å². The van der Waals surface area contributed by atoms with E-state index in [9.17, 15) is 27.2 Å². The maximum absolute atomic E-state index is 14.2. The Labute approximate surface area is 445 Å². The smallest absolute Gasteiger partial charge is 0.416 e. The van der Waals surface area contributed by atoms with Crippen LogP contribution >= 0.6 is 0 Å². The Morgan fingerprint density at radius 3 is 1.72 bits per heavy atom. The summed E-state index contributed by atoms with van der Waals surface area (Å²) in [5.41, 5.74) is 1.60. The lowest BCUT2D eigenvalue weighted by Gasteiger charge is -2.20. The van der Waals surface area contributed by atoms with Crippen LogP contribution in [0.3, 0.4) is 0 Å². The number of aromatic nitrogens is 8. The van der Waals surface area contributed by atoms with E-state index < -0.39 is 35.5 Å². The molecule has 0 saturated heterocycles. The lowest BCUT2D eigenvalue weighted by Crippen LogP contribution is -2.20. The average Bonchev–Trinajstić information content (AvgIpc) is 4.19. The molecule has 6 heterocycles. The van der Waals surface area contributed by atoms with Gasteiger partial charge in [-0.25, -0.2) is 14.4 Å². The zero-order chi connectivity index (χ0) is 54.9. The third kappa shape index (κ3) is 13.5. The third-order valence-corrected chi connectivity index (χ3v) is 11.6. The van der Waals surface area contributed by atoms with E-state index in [1.807, 2.05) is 0 Å². The van der Waals surface area contributed by atoms with Gasteiger partial charge in [0.2, 0.25) is 23.7 Å². The second-order valence-electron chi connectivity index (χ2n) is 17.4. The van der Waals surface area contributed by atoms with Gasteiger partial charge in [0.05, 0.1) is 80.9 Å². The Morgan fingerprint density at radius 1 is 0.557 bits per heavy atom. The summed E-state index contributed by atoms with van der Waals surface area (Å²) in [5, 5.41) is 17.6. The largest absolute Gasteiger partial charge is 0.487 e. The molecule has 0 fully saturated rings. The molecule has 4 aromatic carbocycles. The predicted molar refractivity (Wildman–Crippen MR) is 279 cm³/mol. The van der Waals surface area contributed by atoms with Gasteiger partial charge >= 0.3 is 6.18 Å². The van der Waals surface area contributed by atoms with Crippen molar-refractivity contribution in [3.05, 3.63) is 96.3 Å². The van der Waals surface area contributed by atoms with Gasteiger partial charge in [-0.2, -0.15) is 33.1 Å². The van der Waals surface area contributed by atoms with Crippen molar-refractivity contribution >= 4 is 91.8 Å². The number of imidazole rings is 2. The first-order valence-electron chi connectivity index (χ1n) is 24.5. The Bertz CT molecular complexity index is 3490. The van der Waals surface area contributed by atoms with Crippen LogP contribution in [-0.2, 0) is 34.7 Å². The third-order valence-electron chi connectivity index (χ3n) is 11.6. The van der Waals surface area contributed by atoms with Crippen molar-refractivity contribution in [2.45, 2.75) is 26.1 Å². The molecule has 2 aliphatic rings. The van der Waals surface area contributed by atoms with E-state index in [1.165, 1.54) is 44.4 Å². The van der Waals surface area contributed by atoms with Gasteiger partial charge in [0.1, 0.15) is 44.2 Å². The van der Waals surface area contributed by atoms with E-state index >= 15 is 0 Å². The van der Waals surface area contributed by atoms with Gasteiger partial charge in [-0.05, 0) is 60.7 Å². The van der Waals surface area contributed by atoms with Crippen molar-refractivity contribution in [2.24, 2.45) is 0 Å². The number of carbonyl (C=O) groups excluding carboxylic acids is 2. The van der Waals surface area contributed by atoms with E-state index in [1.54, 1.807) is 36.4 Å². The number of aromatic amines is 2. The first-order valence-corrected chi connectivity index (χ1v) is 24.5. The maximum Gasteiger partial charge on any atom is 0.416 e. The number of hydrogen-bond acceptors (Lipinski definition) is 20. The van der Waals surface area contributed by atoms with E-state index in [-0.39, 0.29) is 104 Å². The fraction of sp³-hybridized carbons (Fsp3) is 0.294. The Kier molecular flexibility index (Phi) is 16.2. The van der Waals surface area contributed by atoms with Crippen molar-refractivity contribution in [2.75, 3.05) is 105 Å². The summed E-state index contributed by atoms with van der Waals surface area (Å²) in [4.78, 5) is 58.1. The molecule has 4 aromatic heterocycles. The second kappa shape index (κ2) is 24.0. The van der Waals surface area contributed by atoms with Crippen LogP contribution in [0.5, 0.6) is 23.0 Å². The Hall–Kier alpha value is -9.12. The summed E-state index contributed by atoms with van der Waals surface area (Å²) < 4.78 is 104. The molecule has 0 saturated carbocycles. The molecule has 1 atom stereocenters. The van der Waals surface area contributed by atoms with Crippen molar-refractivity contribution in [3.8, 4) is 23.0 Å². The highest BCUT2D eigenvalue weighted by Crippen LogP contribution is 2.38. The zero-order valence-electron chi connectivity index (χ0n) is 42.1. The summed E-state index contributed by atoms with van der Waals surface area (Å²) in [6, 6.07) is 17.0. The van der Waals surface area contributed by atoms with E-state index in [0.717, 1.165) is 12.1 Å². The maximum atomic E-state index is 14.2. The molecule has 8 aromatic rings. The van der Waals surface area contributed by atoms with E-state index in [0.29, 0.717) is 77.7 Å². The monoisotopic (exact) mass is 1090 g/mol. The first kappa shape index (κ1) is 53.3. The van der Waals surface area contributed by atoms with Crippen molar-refractivity contribution in [1.29, 1.82) is 0 Å². The van der Waals surface area contributed by atoms with E-state index in [2.05, 4.69) is 56.8 Å². The lowest BCUT2D eigenvalue weighted by molar-refractivity contribution is -0.137. The summed E-state index contributed by atoms with van der Waals surface area (Å²) >= 11 is 0. The number of benzene rings is 4. The molecule has 412 valence electrons. The number of alkyl halides is 3. The van der Waals surface area contributed by atoms with Gasteiger partial charge in [-0.3, -0.25) is 9.59 Å². The summed E-state index contributed by atoms with van der Waals surface area (Å²) in [6.07, 6.45) is -4.10. The first-order chi connectivity index (χ1) is 38.3. The van der Waals surface area contributed by atoms with Gasteiger partial charge in [0, 0.05) is 37.4 Å². The van der Waals surface area contributed by atoms with Crippen LogP contribution in [0.2, 0.25) is 0 Å². The average molecular weight is 1100 g/mol. The molecule has 0 bridgehead atoms. The quantitative estimate of drug-likeness (QED) is 0.0564. The van der Waals surface area contributed by atoms with Crippen molar-refractivity contribution < 1.29 is 65.0 Å². The molecule has 10 rings (SSSR count). The van der Waals surface area contributed by atoms with Crippen LogP contribution in [0.25, 0.3) is 22.3 Å². The number of nitrogens with one attached hydrogen (secondary N) is 8. The molecule has 0 spiro atoms. The van der Waals surface area contributed by atoms with Gasteiger partial charge in [-0.1, -0.05) is 0 Å². The number of nitrogens with zero attached hydrogens (tertiary/aromatic N) is 6. The van der Waals surface area contributed by atoms with Gasteiger partial charge in [-0.15, -0.1) is 0 Å². The highest BCUT2D eigenvalue weighted by molar-refractivity contribution is 5.96. The number of fused-ring (bicyclic) bond motifs is 4. The molecule has 24 nitrogen and oxygen atoms in total. The highest BCUT2D eigenvalue weighted by atomic mass is 19.4. The van der Waals surface area contributed by atoms with Crippen LogP contribution in [0.1, 0.15) is 31.3 Å². The minimum Gasteiger partial charge on any atom is -0.487 e. The van der Waals surface area contributed by atoms with Gasteiger partial charge in [0.25, 0.3) is 0 Å². The molecule has 8 N–H and O–H groups in total. The Morgan fingerprint density at radius 2 is 1.10 bits per heavy atom. The number of hydrogen-bond donors (Lipinski definition) is 8. The molecular formula is C51H50F4N14O10. The molecule has 2 amide bonds. The number of ether oxygens (including phenoxy) is 8. The number of halogens is 4. The van der Waals surface area contributed by atoms with Crippen molar-refractivity contribution in [1.82, 2.24) is 39.9 Å². The minimum atomic E-state index is -4.70. The van der Waals surface area contributed by atoms with Crippen LogP contribution in [0, 0.1) is 5.82 Å². The predicted octanol–water partition coefficient (Wildman–Crippen LogP) is 8.42. The van der Waals surface area contributed by atoms with Crippen LogP contribution in [0.15, 0.2) is 79.1 Å². The molecule has 79 heavy (non-hydrogen) atoms. The van der Waals surface area contributed by atoms with Crippen molar-refractivity contribution in [3.63, 3.8) is 0 Å². The Balaban J connectivity index is 0.896. The van der Waals surface area contributed by atoms with Gasteiger partial charge in [0.15, 0.2) is 57.0 Å². The molecule has 0 aliphatic carbocycles. The molecule has 2 aliphatic heterocycles. The fourth-order valence-electron chi connectivity index (χ4n) is 8.07. The zero-order valence-corrected chi connectivity index (χ0v) is 42.1. The van der Waals surface area contributed by atoms with Gasteiger partial charge < -0.3 is 79.8 Å². The molecule has 1 unspecified atom stereocenters. The lowest BCUT2D eigenvalue weighted by atomic mass is 10.1. The normalized spacial score (nSPS) is 15.6. The number of carbonyl (C=O) groups is 2. The standard InChI is InChI=1S/C51H50F4N14O10/c1-27(70)58-35-21-29(51(53,54)55)3-7-33(35)63-47-43-48(69-50(68-47)61-32-6-9-37-39(23-32)77-17-14-73-12-11-72-13-16-75-37)65-44(64-43)41-25-74-15-18-76-38-10-5-31(24-40(38)78-19-20-79-41)60-49-66-45-42(56-26-57-45)46(67-49)62-34-8-4-30(52)22-36(34)59-28(2)71/h3-10,21-24,26,41H,11-20,25H2,1-2H3,(H,58,70)(H,59,71)(H3,56,57,60,62,66,67)(H3,61,63,64,65,68,69). The SMILES string of the molecule is CC(=O)Nc1cc(F)ccc1Nc1nc(Nc2ccc3c(c2)OCCOC(c2nc4c(Nc5ccc(C(F)(F)F)cc5NC(C)=O)nc(Nc5ccc6c(c5)OCCOCCOCCO6)nc4[nH]2)COCCO3)nc2[nH]cnc12. The number of rotatable bonds is 11. The number of amides is 2. The second-order valence-corrected chi connectivity index (χ2v) is 17.4. The minimum absolute atomic E-state index is 0.00657. The summed E-state index contributed by atoms with van der Waals surface area (Å²) in [5.74, 6) is 0.822. The molecule has 28 heteroatoms. The van der Waals surface area contributed by atoms with E-state index in [4.69, 9.17) is 52.8 Å². The molecule has 0 radical (unpaired) electrons. The summed E-state index contributed by atoms with van der Waals surface area (Å²) in [6.45, 7) is 4.70. The van der Waals surface area contributed by atoms with Crippen LogP contribution in [0.4, 0.5) is 75.2 Å². The highest BCUT2D eigenvalue weighted by Gasteiger charge is 2.32. The number of H-pyrrole nitrogens is 2. The molecular weight excluding hydrogens is 1040 g/mol. The van der Waals surface area contributed by atoms with Crippen LogP contribution < -0.4 is 50.8 Å².